The number of benzene rings is 1. The van der Waals surface area contributed by atoms with Gasteiger partial charge in [0.15, 0.2) is 5.41 Å². The van der Waals surface area contributed by atoms with Crippen molar-refractivity contribution in [2.24, 2.45) is 5.41 Å². The van der Waals surface area contributed by atoms with E-state index in [-0.39, 0.29) is 32.0 Å². The fourth-order valence-corrected chi connectivity index (χ4v) is 2.19. The van der Waals surface area contributed by atoms with Gasteiger partial charge < -0.3 is 15.3 Å². The van der Waals surface area contributed by atoms with Crippen molar-refractivity contribution in [3.05, 3.63) is 30.3 Å². The molecule has 0 bridgehead atoms. The molecule has 104 valence electrons. The van der Waals surface area contributed by atoms with Gasteiger partial charge >= 0.3 is 12.0 Å². The summed E-state index contributed by atoms with van der Waals surface area (Å²) in [5.41, 5.74) is -0.670. The molecular formula is C14H15N3O3. The Bertz CT molecular complexity index is 543. The monoisotopic (exact) mass is 273 g/mol. The van der Waals surface area contributed by atoms with Crippen LogP contribution in [0, 0.1) is 16.7 Å². The van der Waals surface area contributed by atoms with Crippen molar-refractivity contribution in [1.29, 1.82) is 5.26 Å². The number of nitrogens with one attached hydrogen (secondary N) is 1. The first kappa shape index (κ1) is 13.9. The molecule has 20 heavy (non-hydrogen) atoms. The SMILES string of the molecule is N#CC1(C(=O)O)CCN(C(=O)Nc2ccccc2)CC1. The van der Waals surface area contributed by atoms with Gasteiger partial charge in [-0.2, -0.15) is 5.26 Å². The highest BCUT2D eigenvalue weighted by molar-refractivity contribution is 5.89. The fourth-order valence-electron chi connectivity index (χ4n) is 2.19. The number of aliphatic carboxylic acids is 1. The van der Waals surface area contributed by atoms with Crippen LogP contribution in [0.3, 0.4) is 0 Å². The highest BCUT2D eigenvalue weighted by atomic mass is 16.4. The molecule has 0 unspecified atom stereocenters. The molecule has 1 aromatic carbocycles. The lowest BCUT2D eigenvalue weighted by atomic mass is 9.80. The van der Waals surface area contributed by atoms with Gasteiger partial charge in [0, 0.05) is 18.8 Å². The number of hydrogen-bond acceptors (Lipinski definition) is 3. The van der Waals surface area contributed by atoms with Crippen LogP contribution in [0.5, 0.6) is 0 Å². The molecule has 0 aromatic heterocycles. The second-order valence-electron chi connectivity index (χ2n) is 4.78. The average molecular weight is 273 g/mol. The molecule has 0 aliphatic carbocycles. The minimum absolute atomic E-state index is 0.154. The number of anilines is 1. The lowest BCUT2D eigenvalue weighted by Gasteiger charge is -2.34. The Morgan fingerprint density at radius 1 is 1.25 bits per heavy atom. The lowest BCUT2D eigenvalue weighted by molar-refractivity contribution is -0.147. The molecule has 6 nitrogen and oxygen atoms in total. The van der Waals surface area contributed by atoms with Gasteiger partial charge in [-0.1, -0.05) is 18.2 Å². The number of hydrogen-bond donors (Lipinski definition) is 2. The number of urea groups is 1. The van der Waals surface area contributed by atoms with Crippen molar-refractivity contribution in [2.75, 3.05) is 18.4 Å². The Kier molecular flexibility index (Phi) is 3.89. The van der Waals surface area contributed by atoms with E-state index in [1.54, 1.807) is 12.1 Å². The molecule has 1 saturated heterocycles. The van der Waals surface area contributed by atoms with Crippen LogP contribution in [0.1, 0.15) is 12.8 Å². The number of carboxylic acids is 1. The van der Waals surface area contributed by atoms with Crippen LogP contribution in [0.25, 0.3) is 0 Å². The minimum atomic E-state index is -1.36. The Hall–Kier alpha value is -2.55. The Morgan fingerprint density at radius 3 is 2.35 bits per heavy atom. The topological polar surface area (TPSA) is 93.4 Å². The lowest BCUT2D eigenvalue weighted by Crippen LogP contribution is -2.47. The third-order valence-electron chi connectivity index (χ3n) is 3.55. The van der Waals surface area contributed by atoms with Crippen molar-refractivity contribution in [3.8, 4) is 6.07 Å². The number of amides is 2. The van der Waals surface area contributed by atoms with E-state index in [9.17, 15) is 9.59 Å². The van der Waals surface area contributed by atoms with E-state index < -0.39 is 11.4 Å². The smallest absolute Gasteiger partial charge is 0.324 e. The van der Waals surface area contributed by atoms with E-state index in [4.69, 9.17) is 10.4 Å². The summed E-state index contributed by atoms with van der Waals surface area (Å²) in [5.74, 6) is -1.11. The highest BCUT2D eigenvalue weighted by Gasteiger charge is 2.42. The summed E-state index contributed by atoms with van der Waals surface area (Å²) in [6.07, 6.45) is 0.308. The van der Waals surface area contributed by atoms with Crippen molar-refractivity contribution < 1.29 is 14.7 Å². The number of carboxylic acid groups (broad SMARTS) is 1. The number of nitriles is 1. The van der Waals surface area contributed by atoms with E-state index in [1.165, 1.54) is 4.90 Å². The molecule has 2 rings (SSSR count). The first-order valence-corrected chi connectivity index (χ1v) is 6.33. The fraction of sp³-hybridized carbons (Fsp3) is 0.357. The Labute approximate surface area is 116 Å². The molecule has 1 fully saturated rings. The first-order valence-electron chi connectivity index (χ1n) is 6.33. The maximum Gasteiger partial charge on any atom is 0.324 e. The van der Waals surface area contributed by atoms with E-state index in [2.05, 4.69) is 5.32 Å². The predicted octanol–water partition coefficient (Wildman–Crippen LogP) is 1.91. The third kappa shape index (κ3) is 2.72. The van der Waals surface area contributed by atoms with E-state index in [0.29, 0.717) is 5.69 Å². The van der Waals surface area contributed by atoms with Crippen LogP contribution >= 0.6 is 0 Å². The quantitative estimate of drug-likeness (QED) is 0.860. The zero-order chi connectivity index (χ0) is 14.6. The van der Waals surface area contributed by atoms with Crippen molar-refractivity contribution >= 4 is 17.7 Å². The van der Waals surface area contributed by atoms with Gasteiger partial charge in [-0.05, 0) is 25.0 Å². The molecule has 0 saturated carbocycles. The normalized spacial score (nSPS) is 17.1. The predicted molar refractivity (Wildman–Crippen MR) is 71.9 cm³/mol. The number of piperidine rings is 1. The summed E-state index contributed by atoms with van der Waals surface area (Å²) in [7, 11) is 0. The summed E-state index contributed by atoms with van der Waals surface area (Å²) >= 11 is 0. The molecule has 2 N–H and O–H groups in total. The molecular weight excluding hydrogens is 258 g/mol. The molecule has 1 heterocycles. The summed E-state index contributed by atoms with van der Waals surface area (Å²) in [5, 5.41) is 20.9. The second-order valence-corrected chi connectivity index (χ2v) is 4.78. The maximum absolute atomic E-state index is 12.0. The van der Waals surface area contributed by atoms with E-state index in [1.807, 2.05) is 24.3 Å². The van der Waals surface area contributed by atoms with Gasteiger partial charge in [0.05, 0.1) is 6.07 Å². The molecule has 2 amide bonds. The summed E-state index contributed by atoms with van der Waals surface area (Å²) in [4.78, 5) is 24.7. The van der Waals surface area contributed by atoms with Crippen LogP contribution in [0.4, 0.5) is 10.5 Å². The molecule has 1 aliphatic rings. The van der Waals surface area contributed by atoms with Crippen molar-refractivity contribution in [2.45, 2.75) is 12.8 Å². The standard InChI is InChI=1S/C14H15N3O3/c15-10-14(12(18)19)6-8-17(9-7-14)13(20)16-11-4-2-1-3-5-11/h1-5H,6-9H2,(H,16,20)(H,18,19). The van der Waals surface area contributed by atoms with E-state index >= 15 is 0 Å². The number of nitrogens with zero attached hydrogens (tertiary/aromatic N) is 2. The van der Waals surface area contributed by atoms with Crippen LogP contribution in [0.15, 0.2) is 30.3 Å². The van der Waals surface area contributed by atoms with Gasteiger partial charge in [-0.25, -0.2) is 4.79 Å². The minimum Gasteiger partial charge on any atom is -0.480 e. The summed E-state index contributed by atoms with van der Waals surface area (Å²) in [6, 6.07) is 10.6. The summed E-state index contributed by atoms with van der Waals surface area (Å²) in [6.45, 7) is 0.525. The molecule has 1 aromatic rings. The second kappa shape index (κ2) is 5.61. The number of carbonyl (C=O) groups excluding carboxylic acids is 1. The van der Waals surface area contributed by atoms with Crippen LogP contribution < -0.4 is 5.32 Å². The average Bonchev–Trinajstić information content (AvgIpc) is 2.48. The van der Waals surface area contributed by atoms with Crippen LogP contribution in [0.2, 0.25) is 0 Å². The highest BCUT2D eigenvalue weighted by Crippen LogP contribution is 2.31. The van der Waals surface area contributed by atoms with Crippen LogP contribution in [-0.2, 0) is 4.79 Å². The number of carbonyl (C=O) groups is 2. The molecule has 0 radical (unpaired) electrons. The third-order valence-corrected chi connectivity index (χ3v) is 3.55. The summed E-state index contributed by atoms with van der Waals surface area (Å²) < 4.78 is 0. The Balaban J connectivity index is 1.96. The van der Waals surface area contributed by atoms with Gasteiger partial charge in [0.2, 0.25) is 0 Å². The molecule has 1 aliphatic heterocycles. The van der Waals surface area contributed by atoms with Crippen molar-refractivity contribution in [1.82, 2.24) is 4.90 Å². The van der Waals surface area contributed by atoms with Gasteiger partial charge in [-0.15, -0.1) is 0 Å². The molecule has 6 heteroatoms. The van der Waals surface area contributed by atoms with Gasteiger partial charge in [-0.3, -0.25) is 4.79 Å². The number of rotatable bonds is 2. The Morgan fingerprint density at radius 2 is 1.85 bits per heavy atom. The molecule has 0 atom stereocenters. The molecule has 0 spiro atoms. The van der Waals surface area contributed by atoms with Crippen LogP contribution in [-0.4, -0.2) is 35.1 Å². The number of para-hydroxylation sites is 1. The largest absolute Gasteiger partial charge is 0.480 e. The zero-order valence-corrected chi connectivity index (χ0v) is 10.9. The van der Waals surface area contributed by atoms with Gasteiger partial charge in [0.25, 0.3) is 0 Å². The first-order chi connectivity index (χ1) is 9.57. The number of likely N-dealkylation sites (tertiary alicyclic amines) is 1. The van der Waals surface area contributed by atoms with E-state index in [0.717, 1.165) is 0 Å². The van der Waals surface area contributed by atoms with Crippen molar-refractivity contribution in [3.63, 3.8) is 0 Å². The zero-order valence-electron chi connectivity index (χ0n) is 10.9. The van der Waals surface area contributed by atoms with Gasteiger partial charge in [0.1, 0.15) is 0 Å². The maximum atomic E-state index is 12.0.